The van der Waals surface area contributed by atoms with Gasteiger partial charge in [-0.15, -0.1) is 11.8 Å². The highest BCUT2D eigenvalue weighted by atomic mass is 32.2. The average Bonchev–Trinajstić information content (AvgIpc) is 3.24. The number of aromatic amines is 1. The average molecular weight is 396 g/mol. The van der Waals surface area contributed by atoms with Crippen molar-refractivity contribution >= 4 is 23.9 Å². The number of aromatic nitrogens is 2. The second-order valence-corrected chi connectivity index (χ2v) is 6.59. The number of hydrogen-bond acceptors (Lipinski definition) is 6. The van der Waals surface area contributed by atoms with E-state index in [-0.39, 0.29) is 5.69 Å². The van der Waals surface area contributed by atoms with Crippen molar-refractivity contribution in [3.63, 3.8) is 0 Å². The van der Waals surface area contributed by atoms with Crippen LogP contribution in [-0.4, -0.2) is 42.8 Å². The monoisotopic (exact) mass is 396 g/mol. The Bertz CT molecular complexity index is 983. The number of nitrogens with zero attached hydrogens (tertiary/aromatic N) is 2. The Hall–Kier alpha value is -3.26. The molecule has 0 radical (unpaired) electrons. The Morgan fingerprint density at radius 2 is 1.93 bits per heavy atom. The summed E-state index contributed by atoms with van der Waals surface area (Å²) < 4.78 is 10.6. The van der Waals surface area contributed by atoms with E-state index in [4.69, 9.17) is 9.47 Å². The van der Waals surface area contributed by atoms with Crippen LogP contribution in [0.15, 0.2) is 58.5 Å². The van der Waals surface area contributed by atoms with Crippen LogP contribution < -0.4 is 14.9 Å². The molecule has 0 aliphatic rings. The Kier molecular flexibility index (Phi) is 6.33. The van der Waals surface area contributed by atoms with Crippen molar-refractivity contribution in [1.82, 2.24) is 15.6 Å². The number of ether oxygens (including phenoxy) is 2. The minimum absolute atomic E-state index is 0.287. The molecule has 2 aromatic carbocycles. The number of rotatable bonds is 7. The highest BCUT2D eigenvalue weighted by Gasteiger charge is 2.14. The number of carbonyl (C=O) groups is 1. The largest absolute Gasteiger partial charge is 0.497 e. The van der Waals surface area contributed by atoms with Gasteiger partial charge in [0.25, 0.3) is 5.91 Å². The van der Waals surface area contributed by atoms with Crippen LogP contribution in [0.25, 0.3) is 11.3 Å². The topological polar surface area (TPSA) is 88.6 Å². The summed E-state index contributed by atoms with van der Waals surface area (Å²) in [4.78, 5) is 13.5. The molecular weight excluding hydrogens is 376 g/mol. The fraction of sp³-hybridized carbons (Fsp3) is 0.150. The summed E-state index contributed by atoms with van der Waals surface area (Å²) >= 11 is 1.67. The van der Waals surface area contributed by atoms with Crippen molar-refractivity contribution in [2.24, 2.45) is 5.10 Å². The van der Waals surface area contributed by atoms with E-state index in [0.29, 0.717) is 17.2 Å². The van der Waals surface area contributed by atoms with E-state index in [2.05, 4.69) is 20.7 Å². The molecule has 0 aliphatic carbocycles. The highest BCUT2D eigenvalue weighted by Crippen LogP contribution is 2.32. The summed E-state index contributed by atoms with van der Waals surface area (Å²) in [5.74, 6) is 0.908. The van der Waals surface area contributed by atoms with E-state index >= 15 is 0 Å². The lowest BCUT2D eigenvalue weighted by molar-refractivity contribution is 0.0950. The number of nitrogens with one attached hydrogen (secondary N) is 2. The Morgan fingerprint density at radius 3 is 2.61 bits per heavy atom. The molecule has 144 valence electrons. The first-order valence-electron chi connectivity index (χ1n) is 8.40. The quantitative estimate of drug-likeness (QED) is 0.362. The zero-order valence-electron chi connectivity index (χ0n) is 15.7. The number of amides is 1. The molecule has 0 aliphatic heterocycles. The number of methoxy groups -OCH3 is 2. The third-order valence-electron chi connectivity index (χ3n) is 4.00. The molecule has 28 heavy (non-hydrogen) atoms. The second kappa shape index (κ2) is 9.09. The van der Waals surface area contributed by atoms with E-state index < -0.39 is 5.91 Å². The predicted molar refractivity (Wildman–Crippen MR) is 110 cm³/mol. The molecule has 3 rings (SSSR count). The lowest BCUT2D eigenvalue weighted by Gasteiger charge is -2.08. The molecule has 0 spiro atoms. The summed E-state index contributed by atoms with van der Waals surface area (Å²) in [7, 11) is 3.16. The van der Waals surface area contributed by atoms with Gasteiger partial charge in [0, 0.05) is 10.5 Å². The number of H-pyrrole nitrogens is 1. The fourth-order valence-electron chi connectivity index (χ4n) is 2.51. The zero-order chi connectivity index (χ0) is 19.9. The number of benzene rings is 2. The molecule has 8 heteroatoms. The molecule has 0 atom stereocenters. The SMILES string of the molecule is COc1ccc(OC)c(-c2cc(C(=O)NN=Cc3ccc(SC)cc3)[nH]n2)c1. The van der Waals surface area contributed by atoms with Crippen LogP contribution in [0.5, 0.6) is 11.5 Å². The van der Waals surface area contributed by atoms with Crippen molar-refractivity contribution in [2.45, 2.75) is 4.90 Å². The molecule has 0 unspecified atom stereocenters. The van der Waals surface area contributed by atoms with Gasteiger partial charge in [0.1, 0.15) is 17.2 Å². The van der Waals surface area contributed by atoms with Crippen LogP contribution in [0.3, 0.4) is 0 Å². The maximum Gasteiger partial charge on any atom is 0.289 e. The zero-order valence-corrected chi connectivity index (χ0v) is 16.5. The Balaban J connectivity index is 1.71. The summed E-state index contributed by atoms with van der Waals surface area (Å²) in [5.41, 5.74) is 4.95. The van der Waals surface area contributed by atoms with Crippen LogP contribution >= 0.6 is 11.8 Å². The van der Waals surface area contributed by atoms with Gasteiger partial charge in [0.2, 0.25) is 0 Å². The van der Waals surface area contributed by atoms with E-state index in [9.17, 15) is 4.79 Å². The third kappa shape index (κ3) is 4.52. The van der Waals surface area contributed by atoms with Crippen molar-refractivity contribution in [3.8, 4) is 22.8 Å². The Morgan fingerprint density at radius 1 is 1.14 bits per heavy atom. The number of thioether (sulfide) groups is 1. The minimum Gasteiger partial charge on any atom is -0.497 e. The number of hydrogen-bond donors (Lipinski definition) is 2. The lowest BCUT2D eigenvalue weighted by atomic mass is 10.1. The first kappa shape index (κ1) is 19.5. The van der Waals surface area contributed by atoms with E-state index in [1.807, 2.05) is 30.5 Å². The molecule has 1 amide bonds. The van der Waals surface area contributed by atoms with Gasteiger partial charge < -0.3 is 9.47 Å². The third-order valence-corrected chi connectivity index (χ3v) is 4.74. The summed E-state index contributed by atoms with van der Waals surface area (Å²) in [5, 5.41) is 10.9. The van der Waals surface area contributed by atoms with Gasteiger partial charge in [0.15, 0.2) is 0 Å². The van der Waals surface area contributed by atoms with Crippen molar-refractivity contribution < 1.29 is 14.3 Å². The molecule has 7 nitrogen and oxygen atoms in total. The van der Waals surface area contributed by atoms with Crippen molar-refractivity contribution in [3.05, 3.63) is 59.8 Å². The van der Waals surface area contributed by atoms with Gasteiger partial charge in [-0.3, -0.25) is 9.89 Å². The maximum atomic E-state index is 12.3. The molecule has 1 aromatic heterocycles. The summed E-state index contributed by atoms with van der Waals surface area (Å²) in [6.45, 7) is 0. The molecule has 0 fully saturated rings. The second-order valence-electron chi connectivity index (χ2n) is 5.71. The summed E-state index contributed by atoms with van der Waals surface area (Å²) in [6, 6.07) is 14.9. The molecule has 2 N–H and O–H groups in total. The van der Waals surface area contributed by atoms with Crippen molar-refractivity contribution in [2.75, 3.05) is 20.5 Å². The minimum atomic E-state index is -0.391. The normalized spacial score (nSPS) is 10.8. The van der Waals surface area contributed by atoms with Crippen LogP contribution in [0.4, 0.5) is 0 Å². The van der Waals surface area contributed by atoms with Crippen molar-refractivity contribution in [1.29, 1.82) is 0 Å². The van der Waals surface area contributed by atoms with Gasteiger partial charge in [-0.05, 0) is 48.2 Å². The highest BCUT2D eigenvalue weighted by molar-refractivity contribution is 7.98. The lowest BCUT2D eigenvalue weighted by Crippen LogP contribution is -2.17. The van der Waals surface area contributed by atoms with Gasteiger partial charge in [-0.1, -0.05) is 12.1 Å². The molecule has 0 saturated carbocycles. The molecule has 3 aromatic rings. The fourth-order valence-corrected chi connectivity index (χ4v) is 2.91. The number of hydrazone groups is 1. The molecule has 0 saturated heterocycles. The standard InChI is InChI=1S/C20H20N4O3S/c1-26-14-6-9-19(27-2)16(10-14)17-11-18(23-22-17)20(25)24-21-12-13-4-7-15(28-3)8-5-13/h4-12H,1-3H3,(H,22,23)(H,24,25). The molecular formula is C20H20N4O3S. The summed E-state index contributed by atoms with van der Waals surface area (Å²) in [6.07, 6.45) is 3.60. The number of carbonyl (C=O) groups excluding carboxylic acids is 1. The van der Waals surface area contributed by atoms with E-state index in [1.165, 1.54) is 4.90 Å². The maximum absolute atomic E-state index is 12.3. The molecule has 1 heterocycles. The van der Waals surface area contributed by atoms with Gasteiger partial charge in [0.05, 0.1) is 26.1 Å². The van der Waals surface area contributed by atoms with Gasteiger partial charge in [-0.25, -0.2) is 5.43 Å². The van der Waals surface area contributed by atoms with Gasteiger partial charge >= 0.3 is 0 Å². The van der Waals surface area contributed by atoms with E-state index in [0.717, 1.165) is 11.1 Å². The van der Waals surface area contributed by atoms with Crippen LogP contribution in [-0.2, 0) is 0 Å². The smallest absolute Gasteiger partial charge is 0.289 e. The predicted octanol–water partition coefficient (Wildman–Crippen LogP) is 3.58. The first-order chi connectivity index (χ1) is 13.6. The first-order valence-corrected chi connectivity index (χ1v) is 9.62. The van der Waals surface area contributed by atoms with Crippen LogP contribution in [0.1, 0.15) is 16.1 Å². The van der Waals surface area contributed by atoms with Crippen LogP contribution in [0.2, 0.25) is 0 Å². The van der Waals surface area contributed by atoms with Gasteiger partial charge in [-0.2, -0.15) is 10.2 Å². The van der Waals surface area contributed by atoms with Crippen LogP contribution in [0, 0.1) is 0 Å². The molecule has 0 bridgehead atoms. The van der Waals surface area contributed by atoms with E-state index in [1.54, 1.807) is 56.5 Å². The Labute approximate surface area is 167 Å².